The average Bonchev–Trinajstić information content (AvgIpc) is 3.34. The lowest BCUT2D eigenvalue weighted by Gasteiger charge is -2.28. The Labute approximate surface area is 186 Å². The summed E-state index contributed by atoms with van der Waals surface area (Å²) in [6.07, 6.45) is 1.16. The van der Waals surface area contributed by atoms with Crippen LogP contribution in [-0.2, 0) is 14.6 Å². The number of thiazole rings is 1. The third-order valence-corrected chi connectivity index (χ3v) is 7.37. The molecule has 160 valence electrons. The highest BCUT2D eigenvalue weighted by Gasteiger charge is 2.26. The minimum Gasteiger partial charge on any atom is -0.444 e. The molecule has 3 heterocycles. The Balaban J connectivity index is 1.70. The number of furan rings is 1. The summed E-state index contributed by atoms with van der Waals surface area (Å²) in [6, 6.07) is 8.28. The standard InChI is InChI=1S/C19H20BrN3O5S2/c1-30(25,26)15-4-2-3-14-17(15)21-19(29-14)23(8-7-22-9-11-27-12-10-22)18(24)13-5-6-16(20)28-13/h2-6H,7-12H2,1H3. The molecule has 11 heteroatoms. The molecule has 1 saturated heterocycles. The molecule has 3 aromatic rings. The van der Waals surface area contributed by atoms with Crippen LogP contribution in [0.2, 0.25) is 0 Å². The van der Waals surface area contributed by atoms with Crippen LogP contribution in [0, 0.1) is 0 Å². The first-order valence-corrected chi connectivity index (χ1v) is 12.8. The van der Waals surface area contributed by atoms with Gasteiger partial charge in [0.1, 0.15) is 5.52 Å². The number of rotatable bonds is 6. The quantitative estimate of drug-likeness (QED) is 0.499. The maximum atomic E-state index is 13.2. The highest BCUT2D eigenvalue weighted by molar-refractivity contribution is 9.10. The van der Waals surface area contributed by atoms with Crippen LogP contribution in [0.25, 0.3) is 10.2 Å². The van der Waals surface area contributed by atoms with Crippen molar-refractivity contribution in [3.8, 4) is 0 Å². The number of hydrogen-bond donors (Lipinski definition) is 0. The lowest BCUT2D eigenvalue weighted by atomic mass is 10.3. The van der Waals surface area contributed by atoms with Crippen molar-refractivity contribution in [2.75, 3.05) is 50.5 Å². The highest BCUT2D eigenvalue weighted by atomic mass is 79.9. The number of ether oxygens (including phenoxy) is 1. The Hall–Kier alpha value is -1.79. The maximum absolute atomic E-state index is 13.2. The zero-order valence-electron chi connectivity index (χ0n) is 16.2. The number of fused-ring (bicyclic) bond motifs is 1. The molecule has 1 aliphatic rings. The fourth-order valence-corrected chi connectivity index (χ4v) is 5.46. The number of aromatic nitrogens is 1. The van der Waals surface area contributed by atoms with E-state index >= 15 is 0 Å². The summed E-state index contributed by atoms with van der Waals surface area (Å²) in [5.74, 6) is -0.139. The van der Waals surface area contributed by atoms with Gasteiger partial charge >= 0.3 is 0 Å². The molecule has 4 rings (SSSR count). The number of benzene rings is 1. The van der Waals surface area contributed by atoms with Gasteiger partial charge in [0.15, 0.2) is 25.4 Å². The van der Waals surface area contributed by atoms with E-state index in [2.05, 4.69) is 25.8 Å². The van der Waals surface area contributed by atoms with E-state index in [4.69, 9.17) is 9.15 Å². The summed E-state index contributed by atoms with van der Waals surface area (Å²) in [5, 5.41) is 0.437. The summed E-state index contributed by atoms with van der Waals surface area (Å²) in [7, 11) is -3.45. The molecule has 0 radical (unpaired) electrons. The zero-order chi connectivity index (χ0) is 21.3. The summed E-state index contributed by atoms with van der Waals surface area (Å²) in [6.45, 7) is 3.96. The van der Waals surface area contributed by atoms with E-state index in [1.807, 2.05) is 0 Å². The fourth-order valence-electron chi connectivity index (χ4n) is 3.24. The summed E-state index contributed by atoms with van der Waals surface area (Å²) >= 11 is 4.51. The molecule has 1 fully saturated rings. The zero-order valence-corrected chi connectivity index (χ0v) is 19.4. The molecule has 0 atom stereocenters. The van der Waals surface area contributed by atoms with E-state index < -0.39 is 9.84 Å². The molecule has 1 aliphatic heterocycles. The van der Waals surface area contributed by atoms with Crippen LogP contribution in [0.4, 0.5) is 5.13 Å². The largest absolute Gasteiger partial charge is 0.444 e. The van der Waals surface area contributed by atoms with E-state index in [1.165, 1.54) is 17.4 Å². The number of sulfone groups is 1. The second-order valence-corrected chi connectivity index (χ2v) is 10.7. The van der Waals surface area contributed by atoms with Crippen molar-refractivity contribution in [3.05, 3.63) is 40.8 Å². The van der Waals surface area contributed by atoms with Gasteiger partial charge in [-0.15, -0.1) is 0 Å². The topological polar surface area (TPSA) is 93.0 Å². The lowest BCUT2D eigenvalue weighted by molar-refractivity contribution is 0.0390. The predicted octanol–water partition coefficient (Wildman–Crippen LogP) is 3.03. The number of hydrogen-bond acceptors (Lipinski definition) is 8. The van der Waals surface area contributed by atoms with Crippen molar-refractivity contribution in [3.63, 3.8) is 0 Å². The number of carbonyl (C=O) groups excluding carboxylic acids is 1. The van der Waals surface area contributed by atoms with Gasteiger partial charge in [0.2, 0.25) is 0 Å². The molecule has 0 spiro atoms. The van der Waals surface area contributed by atoms with E-state index in [0.29, 0.717) is 46.3 Å². The minimum absolute atomic E-state index is 0.156. The Bertz CT molecular complexity index is 1170. The molecule has 0 unspecified atom stereocenters. The number of carbonyl (C=O) groups is 1. The van der Waals surface area contributed by atoms with Gasteiger partial charge in [-0.25, -0.2) is 13.4 Å². The van der Waals surface area contributed by atoms with Gasteiger partial charge in [0, 0.05) is 32.4 Å². The summed E-state index contributed by atoms with van der Waals surface area (Å²) in [5.41, 5.74) is 0.379. The molecule has 0 N–H and O–H groups in total. The Morgan fingerprint density at radius 1 is 1.27 bits per heavy atom. The van der Waals surface area contributed by atoms with E-state index in [9.17, 15) is 13.2 Å². The molecule has 1 aromatic carbocycles. The van der Waals surface area contributed by atoms with Crippen LogP contribution in [0.5, 0.6) is 0 Å². The third-order valence-electron chi connectivity index (χ3n) is 4.77. The third kappa shape index (κ3) is 4.59. The van der Waals surface area contributed by atoms with Gasteiger partial charge < -0.3 is 9.15 Å². The number of morpholine rings is 1. The Morgan fingerprint density at radius 2 is 2.03 bits per heavy atom. The molecule has 2 aromatic heterocycles. The van der Waals surface area contributed by atoms with Crippen molar-refractivity contribution in [2.24, 2.45) is 0 Å². The van der Waals surface area contributed by atoms with Crippen molar-refractivity contribution < 1.29 is 22.4 Å². The van der Waals surface area contributed by atoms with Crippen LogP contribution in [0.3, 0.4) is 0 Å². The van der Waals surface area contributed by atoms with Crippen LogP contribution in [0.1, 0.15) is 10.6 Å². The highest BCUT2D eigenvalue weighted by Crippen LogP contribution is 2.33. The van der Waals surface area contributed by atoms with Crippen molar-refractivity contribution in [2.45, 2.75) is 4.90 Å². The molecule has 30 heavy (non-hydrogen) atoms. The van der Waals surface area contributed by atoms with Crippen LogP contribution < -0.4 is 4.90 Å². The smallest absolute Gasteiger partial charge is 0.295 e. The monoisotopic (exact) mass is 513 g/mol. The maximum Gasteiger partial charge on any atom is 0.295 e. The van der Waals surface area contributed by atoms with Gasteiger partial charge in [-0.1, -0.05) is 17.4 Å². The van der Waals surface area contributed by atoms with Crippen LogP contribution in [-0.4, -0.2) is 69.9 Å². The molecule has 0 aliphatic carbocycles. The van der Waals surface area contributed by atoms with Crippen LogP contribution >= 0.6 is 27.3 Å². The molecular formula is C19H20BrN3O5S2. The number of para-hydroxylation sites is 1. The van der Waals surface area contributed by atoms with E-state index in [0.717, 1.165) is 19.3 Å². The number of anilines is 1. The first kappa shape index (κ1) is 21.4. The van der Waals surface area contributed by atoms with Gasteiger partial charge in [0.25, 0.3) is 5.91 Å². The summed E-state index contributed by atoms with van der Waals surface area (Å²) in [4.78, 5) is 21.7. The number of nitrogens with zero attached hydrogens (tertiary/aromatic N) is 3. The second kappa shape index (κ2) is 8.75. The predicted molar refractivity (Wildman–Crippen MR) is 118 cm³/mol. The normalized spacial score (nSPS) is 15.5. The Kier molecular flexibility index (Phi) is 6.26. The van der Waals surface area contributed by atoms with Gasteiger partial charge in [-0.2, -0.15) is 0 Å². The fraction of sp³-hybridized carbons (Fsp3) is 0.368. The van der Waals surface area contributed by atoms with Crippen molar-refractivity contribution in [1.82, 2.24) is 9.88 Å². The molecule has 8 nitrogen and oxygen atoms in total. The first-order valence-electron chi connectivity index (χ1n) is 9.30. The van der Waals surface area contributed by atoms with E-state index in [-0.39, 0.29) is 16.6 Å². The van der Waals surface area contributed by atoms with Gasteiger partial charge in [0.05, 0.1) is 22.8 Å². The minimum atomic E-state index is -3.45. The SMILES string of the molecule is CS(=O)(=O)c1cccc2sc(N(CCN3CCOCC3)C(=O)c3ccc(Br)o3)nc12. The van der Waals surface area contributed by atoms with Crippen LogP contribution in [0.15, 0.2) is 44.3 Å². The molecule has 1 amide bonds. The first-order chi connectivity index (χ1) is 14.3. The number of halogens is 1. The number of amides is 1. The second-order valence-electron chi connectivity index (χ2n) is 6.89. The van der Waals surface area contributed by atoms with Gasteiger partial charge in [-0.05, 0) is 40.2 Å². The average molecular weight is 514 g/mol. The molecule has 0 bridgehead atoms. The molecular weight excluding hydrogens is 494 g/mol. The van der Waals surface area contributed by atoms with Crippen molar-refractivity contribution in [1.29, 1.82) is 0 Å². The lowest BCUT2D eigenvalue weighted by Crippen LogP contribution is -2.43. The van der Waals surface area contributed by atoms with Crippen molar-refractivity contribution >= 4 is 58.4 Å². The molecule has 0 saturated carbocycles. The summed E-state index contributed by atoms with van der Waals surface area (Å²) < 4.78 is 36.3. The Morgan fingerprint density at radius 3 is 2.70 bits per heavy atom. The van der Waals surface area contributed by atoms with Gasteiger partial charge in [-0.3, -0.25) is 14.6 Å². The van der Waals surface area contributed by atoms with E-state index in [1.54, 1.807) is 29.2 Å².